The normalized spacial score (nSPS) is 13.8. The maximum absolute atomic E-state index is 11.9. The average molecular weight is 291 g/mol. The second-order valence-electron chi connectivity index (χ2n) is 4.58. The number of ether oxygens (including phenoxy) is 2. The molecule has 0 saturated carbocycles. The van der Waals surface area contributed by atoms with Crippen LogP contribution in [0.2, 0.25) is 0 Å². The predicted octanol–water partition coefficient (Wildman–Crippen LogP) is 2.94. The van der Waals surface area contributed by atoms with Crippen molar-refractivity contribution in [3.8, 4) is 17.2 Å². The molecule has 1 aromatic rings. The van der Waals surface area contributed by atoms with Crippen LogP contribution in [0.25, 0.3) is 0 Å². The first-order valence-corrected chi connectivity index (χ1v) is 6.35. The highest BCUT2D eigenvalue weighted by Gasteiger charge is 2.25. The number of hydrogen-bond donors (Lipinski definition) is 2. The van der Waals surface area contributed by atoms with Crippen LogP contribution in [0.15, 0.2) is 12.1 Å². The van der Waals surface area contributed by atoms with Crippen molar-refractivity contribution in [2.24, 2.45) is 0 Å². The van der Waals surface area contributed by atoms with Gasteiger partial charge in [-0.3, -0.25) is 0 Å². The molecule has 0 spiro atoms. The fourth-order valence-corrected chi connectivity index (χ4v) is 1.91. The first-order valence-electron chi connectivity index (χ1n) is 6.35. The van der Waals surface area contributed by atoms with E-state index in [-0.39, 0.29) is 19.0 Å². The van der Waals surface area contributed by atoms with E-state index in [1.54, 1.807) is 6.07 Å². The summed E-state index contributed by atoms with van der Waals surface area (Å²) in [4.78, 5) is 0. The van der Waals surface area contributed by atoms with Gasteiger partial charge in [0.25, 0.3) is 0 Å². The zero-order valence-electron chi connectivity index (χ0n) is 10.8. The third-order valence-electron chi connectivity index (χ3n) is 2.95. The molecule has 0 saturated heterocycles. The molecule has 0 amide bonds. The number of phenols is 1. The molecular weight excluding hydrogens is 275 g/mol. The summed E-state index contributed by atoms with van der Waals surface area (Å²) >= 11 is 0. The lowest BCUT2D eigenvalue weighted by Gasteiger charge is -2.09. The number of nitrogens with one attached hydrogen (secondary N) is 1. The van der Waals surface area contributed by atoms with Crippen molar-refractivity contribution in [3.63, 3.8) is 0 Å². The highest BCUT2D eigenvalue weighted by atomic mass is 19.4. The van der Waals surface area contributed by atoms with Crippen LogP contribution in [0.1, 0.15) is 24.8 Å². The average Bonchev–Trinajstić information content (AvgIpc) is 2.79. The van der Waals surface area contributed by atoms with Crippen molar-refractivity contribution in [1.82, 2.24) is 5.32 Å². The van der Waals surface area contributed by atoms with Crippen molar-refractivity contribution < 1.29 is 27.8 Å². The topological polar surface area (TPSA) is 50.7 Å². The lowest BCUT2D eigenvalue weighted by Crippen LogP contribution is -2.16. The van der Waals surface area contributed by atoms with Crippen LogP contribution in [0.5, 0.6) is 17.2 Å². The molecule has 0 unspecified atom stereocenters. The number of halogens is 3. The zero-order chi connectivity index (χ0) is 14.6. The molecule has 1 aliphatic heterocycles. The van der Waals surface area contributed by atoms with E-state index in [9.17, 15) is 18.3 Å². The third-order valence-corrected chi connectivity index (χ3v) is 2.95. The third kappa shape index (κ3) is 4.19. The fourth-order valence-electron chi connectivity index (χ4n) is 1.91. The Morgan fingerprint density at radius 1 is 1.15 bits per heavy atom. The van der Waals surface area contributed by atoms with E-state index in [0.717, 1.165) is 0 Å². The first-order chi connectivity index (χ1) is 9.46. The van der Waals surface area contributed by atoms with E-state index in [2.05, 4.69) is 5.32 Å². The van der Waals surface area contributed by atoms with Gasteiger partial charge in [-0.25, -0.2) is 0 Å². The maximum atomic E-state index is 11.9. The number of alkyl halides is 3. The molecular formula is C13H16F3NO3. The number of hydrogen-bond acceptors (Lipinski definition) is 4. The molecule has 0 aromatic heterocycles. The molecule has 0 aliphatic carbocycles. The molecule has 1 heterocycles. The van der Waals surface area contributed by atoms with Gasteiger partial charge in [-0.05, 0) is 25.5 Å². The smallest absolute Gasteiger partial charge is 0.389 e. The SMILES string of the molecule is Oc1cc2c(cc1CNCCCCC(F)(F)F)OCO2. The van der Waals surface area contributed by atoms with E-state index in [1.807, 2.05) is 0 Å². The van der Waals surface area contributed by atoms with Gasteiger partial charge in [-0.15, -0.1) is 0 Å². The lowest BCUT2D eigenvalue weighted by molar-refractivity contribution is -0.135. The Hall–Kier alpha value is -1.63. The molecule has 2 rings (SSSR count). The number of fused-ring (bicyclic) bond motifs is 1. The Bertz CT molecular complexity index is 463. The highest BCUT2D eigenvalue weighted by molar-refractivity contribution is 5.51. The van der Waals surface area contributed by atoms with Crippen molar-refractivity contribution in [3.05, 3.63) is 17.7 Å². The van der Waals surface area contributed by atoms with Gasteiger partial charge in [0.15, 0.2) is 11.5 Å². The Morgan fingerprint density at radius 3 is 2.55 bits per heavy atom. The molecule has 0 bridgehead atoms. The summed E-state index contributed by atoms with van der Waals surface area (Å²) in [6, 6.07) is 3.14. The van der Waals surface area contributed by atoms with Crippen LogP contribution in [0.3, 0.4) is 0 Å². The van der Waals surface area contributed by atoms with E-state index in [0.29, 0.717) is 36.6 Å². The Morgan fingerprint density at radius 2 is 1.85 bits per heavy atom. The summed E-state index contributed by atoms with van der Waals surface area (Å²) in [6.07, 6.45) is -4.31. The standard InChI is InChI=1S/C13H16F3NO3/c14-13(15,16)3-1-2-4-17-7-9-5-11-12(6-10(9)18)20-8-19-11/h5-6,17-18H,1-4,7-8H2. The summed E-state index contributed by atoms with van der Waals surface area (Å²) in [7, 11) is 0. The van der Waals surface area contributed by atoms with Gasteiger partial charge in [0.05, 0.1) is 0 Å². The van der Waals surface area contributed by atoms with Crippen molar-refractivity contribution in [1.29, 1.82) is 0 Å². The molecule has 0 atom stereocenters. The van der Waals surface area contributed by atoms with Gasteiger partial charge in [0.2, 0.25) is 6.79 Å². The predicted molar refractivity (Wildman–Crippen MR) is 65.8 cm³/mol. The van der Waals surface area contributed by atoms with Crippen molar-refractivity contribution in [2.75, 3.05) is 13.3 Å². The van der Waals surface area contributed by atoms with E-state index in [4.69, 9.17) is 9.47 Å². The van der Waals surface area contributed by atoms with E-state index >= 15 is 0 Å². The first kappa shape index (κ1) is 14.8. The minimum atomic E-state index is -4.09. The van der Waals surface area contributed by atoms with E-state index < -0.39 is 12.6 Å². The summed E-state index contributed by atoms with van der Waals surface area (Å²) in [5, 5.41) is 12.8. The Labute approximate surface area is 114 Å². The van der Waals surface area contributed by atoms with Crippen LogP contribution in [0.4, 0.5) is 13.2 Å². The number of unbranched alkanes of at least 4 members (excludes halogenated alkanes) is 1. The molecule has 20 heavy (non-hydrogen) atoms. The summed E-state index contributed by atoms with van der Waals surface area (Å²) in [5.74, 6) is 1.14. The molecule has 1 aliphatic rings. The van der Waals surface area contributed by atoms with Gasteiger partial charge < -0.3 is 19.9 Å². The largest absolute Gasteiger partial charge is 0.507 e. The Balaban J connectivity index is 1.72. The van der Waals surface area contributed by atoms with Crippen LogP contribution in [-0.2, 0) is 6.54 Å². The van der Waals surface area contributed by atoms with Gasteiger partial charge in [0, 0.05) is 24.6 Å². The van der Waals surface area contributed by atoms with E-state index in [1.165, 1.54) is 6.07 Å². The van der Waals surface area contributed by atoms with Crippen LogP contribution < -0.4 is 14.8 Å². The van der Waals surface area contributed by atoms with Crippen molar-refractivity contribution in [2.45, 2.75) is 32.0 Å². The van der Waals surface area contributed by atoms with Gasteiger partial charge >= 0.3 is 6.18 Å². The zero-order valence-corrected chi connectivity index (χ0v) is 10.8. The lowest BCUT2D eigenvalue weighted by atomic mass is 10.1. The molecule has 4 nitrogen and oxygen atoms in total. The molecule has 7 heteroatoms. The molecule has 2 N–H and O–H groups in total. The summed E-state index contributed by atoms with van der Waals surface area (Å²) in [5.41, 5.74) is 0.630. The minimum Gasteiger partial charge on any atom is -0.507 e. The highest BCUT2D eigenvalue weighted by Crippen LogP contribution is 2.37. The quantitative estimate of drug-likeness (QED) is 0.791. The second kappa shape index (κ2) is 6.21. The number of benzene rings is 1. The van der Waals surface area contributed by atoms with Crippen LogP contribution in [0, 0.1) is 0 Å². The molecule has 0 radical (unpaired) electrons. The van der Waals surface area contributed by atoms with Crippen molar-refractivity contribution >= 4 is 0 Å². The van der Waals surface area contributed by atoms with Gasteiger partial charge in [-0.2, -0.15) is 13.2 Å². The maximum Gasteiger partial charge on any atom is 0.389 e. The summed E-state index contributed by atoms with van der Waals surface area (Å²) < 4.78 is 46.1. The molecule has 0 fully saturated rings. The van der Waals surface area contributed by atoms with Crippen LogP contribution >= 0.6 is 0 Å². The minimum absolute atomic E-state index is 0.0806. The monoisotopic (exact) mass is 291 g/mol. The number of aromatic hydroxyl groups is 1. The van der Waals surface area contributed by atoms with Gasteiger partial charge in [-0.1, -0.05) is 0 Å². The number of phenolic OH excluding ortho intramolecular Hbond substituents is 1. The number of rotatable bonds is 6. The molecule has 1 aromatic carbocycles. The van der Waals surface area contributed by atoms with Crippen LogP contribution in [-0.4, -0.2) is 24.6 Å². The second-order valence-corrected chi connectivity index (χ2v) is 4.58. The van der Waals surface area contributed by atoms with Gasteiger partial charge in [0.1, 0.15) is 5.75 Å². The summed E-state index contributed by atoms with van der Waals surface area (Å²) in [6.45, 7) is 0.960. The molecule has 112 valence electrons. The Kier molecular flexibility index (Phi) is 4.59. The fraction of sp³-hybridized carbons (Fsp3) is 0.538.